The van der Waals surface area contributed by atoms with E-state index in [4.69, 9.17) is 5.73 Å². The molecule has 0 amide bonds. The van der Waals surface area contributed by atoms with E-state index in [1.165, 1.54) is 0 Å². The van der Waals surface area contributed by atoms with Crippen molar-refractivity contribution in [2.24, 2.45) is 10.7 Å². The predicted octanol–water partition coefficient (Wildman–Crippen LogP) is 1.29. The van der Waals surface area contributed by atoms with Crippen molar-refractivity contribution in [2.75, 3.05) is 13.1 Å². The zero-order valence-electron chi connectivity index (χ0n) is 10.7. The van der Waals surface area contributed by atoms with Crippen LogP contribution in [0.15, 0.2) is 23.2 Å². The average molecular weight is 232 g/mol. The predicted molar refractivity (Wildman–Crippen MR) is 72.1 cm³/mol. The number of aryl methyl sites for hydroxylation is 2. The van der Waals surface area contributed by atoms with E-state index in [-0.39, 0.29) is 6.04 Å². The summed E-state index contributed by atoms with van der Waals surface area (Å²) in [7, 11) is 0. The third-order valence-electron chi connectivity index (χ3n) is 3.13. The third kappa shape index (κ3) is 2.42. The van der Waals surface area contributed by atoms with Gasteiger partial charge in [-0.3, -0.25) is 4.99 Å². The van der Waals surface area contributed by atoms with Crippen molar-refractivity contribution in [3.63, 3.8) is 0 Å². The van der Waals surface area contributed by atoms with E-state index in [0.29, 0.717) is 0 Å². The Hall–Kier alpha value is -1.55. The number of rotatable bonds is 2. The molecule has 0 spiro atoms. The smallest absolute Gasteiger partial charge is 0.109 e. The maximum Gasteiger partial charge on any atom is 0.109 e. The second-order valence-corrected chi connectivity index (χ2v) is 4.50. The van der Waals surface area contributed by atoms with Gasteiger partial charge in [0, 0.05) is 30.1 Å². The molecule has 92 valence electrons. The van der Waals surface area contributed by atoms with E-state index in [1.807, 2.05) is 10.6 Å². The molecule has 1 unspecified atom stereocenters. The van der Waals surface area contributed by atoms with Gasteiger partial charge < -0.3 is 15.6 Å². The van der Waals surface area contributed by atoms with Crippen molar-refractivity contribution in [1.29, 1.82) is 0 Å². The van der Waals surface area contributed by atoms with Gasteiger partial charge in [-0.15, -0.1) is 0 Å². The van der Waals surface area contributed by atoms with Gasteiger partial charge in [0.25, 0.3) is 0 Å². The second-order valence-electron chi connectivity index (χ2n) is 4.50. The number of nitrogens with two attached hydrogens (primary N) is 1. The van der Waals surface area contributed by atoms with Gasteiger partial charge in [-0.2, -0.15) is 0 Å². The number of nitrogens with one attached hydrogen (secondary N) is 1. The van der Waals surface area contributed by atoms with Crippen LogP contribution in [-0.2, 0) is 0 Å². The molecule has 4 heteroatoms. The molecule has 0 saturated carbocycles. The van der Waals surface area contributed by atoms with Gasteiger partial charge in [0.1, 0.15) is 5.82 Å². The molecular formula is C13H20N4. The quantitative estimate of drug-likeness (QED) is 0.807. The molecule has 0 fully saturated rings. The lowest BCUT2D eigenvalue weighted by Crippen LogP contribution is -2.39. The van der Waals surface area contributed by atoms with Crippen LogP contribution in [0.25, 0.3) is 5.82 Å². The van der Waals surface area contributed by atoms with Crippen LogP contribution >= 0.6 is 0 Å². The van der Waals surface area contributed by atoms with Crippen molar-refractivity contribution in [2.45, 2.75) is 26.8 Å². The zero-order chi connectivity index (χ0) is 12.4. The topological polar surface area (TPSA) is 55.3 Å². The van der Waals surface area contributed by atoms with E-state index >= 15 is 0 Å². The summed E-state index contributed by atoms with van der Waals surface area (Å²) in [6, 6.07) is 4.42. The molecule has 1 atom stereocenters. The van der Waals surface area contributed by atoms with Crippen LogP contribution in [0, 0.1) is 13.8 Å². The lowest BCUT2D eigenvalue weighted by Gasteiger charge is -2.19. The maximum atomic E-state index is 6.15. The van der Waals surface area contributed by atoms with Crippen molar-refractivity contribution in [1.82, 2.24) is 9.88 Å². The Kier molecular flexibility index (Phi) is 3.33. The zero-order valence-corrected chi connectivity index (χ0v) is 10.7. The molecule has 3 N–H and O–H groups in total. The highest BCUT2D eigenvalue weighted by Gasteiger charge is 2.13. The monoisotopic (exact) mass is 232 g/mol. The summed E-state index contributed by atoms with van der Waals surface area (Å²) in [6.07, 6.45) is 1.97. The third-order valence-corrected chi connectivity index (χ3v) is 3.13. The standard InChI is InChI=1S/C13H20N4/c1-9-4-5-10(2)17(9)13(14)8-12-11(3)15-6-7-16-12/h4-5,8,11,15H,6-7,14H2,1-3H3/b13-8+. The number of hydrogen-bond acceptors (Lipinski definition) is 3. The summed E-state index contributed by atoms with van der Waals surface area (Å²) in [5.74, 6) is 0.735. The summed E-state index contributed by atoms with van der Waals surface area (Å²) in [5, 5.41) is 3.37. The first kappa shape index (κ1) is 11.9. The molecule has 0 aromatic carbocycles. The number of aromatic nitrogens is 1. The first-order valence-electron chi connectivity index (χ1n) is 6.00. The van der Waals surface area contributed by atoms with Crippen LogP contribution in [0.3, 0.4) is 0 Å². The normalized spacial score (nSPS) is 21.5. The van der Waals surface area contributed by atoms with Crippen molar-refractivity contribution >= 4 is 11.5 Å². The molecule has 1 aromatic rings. The van der Waals surface area contributed by atoms with Crippen molar-refractivity contribution < 1.29 is 0 Å². The average Bonchev–Trinajstić information content (AvgIpc) is 2.62. The number of hydrogen-bond donors (Lipinski definition) is 2. The summed E-state index contributed by atoms with van der Waals surface area (Å²) in [5.41, 5.74) is 9.47. The van der Waals surface area contributed by atoms with Gasteiger partial charge in [0.05, 0.1) is 12.3 Å². The van der Waals surface area contributed by atoms with E-state index in [2.05, 4.69) is 43.2 Å². The molecule has 0 aliphatic carbocycles. The minimum absolute atomic E-state index is 0.276. The molecule has 4 nitrogen and oxygen atoms in total. The largest absolute Gasteiger partial charge is 0.385 e. The molecule has 1 aliphatic rings. The highest BCUT2D eigenvalue weighted by atomic mass is 15.1. The van der Waals surface area contributed by atoms with Crippen LogP contribution in [-0.4, -0.2) is 29.4 Å². The Balaban J connectivity index is 2.31. The number of nitrogens with zero attached hydrogens (tertiary/aromatic N) is 2. The molecule has 0 saturated heterocycles. The van der Waals surface area contributed by atoms with E-state index in [1.54, 1.807) is 0 Å². The molecule has 2 rings (SSSR count). The van der Waals surface area contributed by atoms with E-state index in [9.17, 15) is 0 Å². The molecule has 2 heterocycles. The van der Waals surface area contributed by atoms with Gasteiger partial charge in [0.2, 0.25) is 0 Å². The fourth-order valence-corrected chi connectivity index (χ4v) is 2.17. The molecule has 17 heavy (non-hydrogen) atoms. The fourth-order valence-electron chi connectivity index (χ4n) is 2.17. The first-order valence-corrected chi connectivity index (χ1v) is 6.00. The SMILES string of the molecule is Cc1ccc(C)n1/C(N)=C/C1=NCCNC1C. The lowest BCUT2D eigenvalue weighted by atomic mass is 10.1. The minimum atomic E-state index is 0.276. The van der Waals surface area contributed by atoms with E-state index in [0.717, 1.165) is 36.0 Å². The highest BCUT2D eigenvalue weighted by molar-refractivity contribution is 6.02. The molecule has 0 radical (unpaired) electrons. The lowest BCUT2D eigenvalue weighted by molar-refractivity contribution is 0.634. The first-order chi connectivity index (χ1) is 8.09. The van der Waals surface area contributed by atoms with Crippen LogP contribution in [0.2, 0.25) is 0 Å². The Morgan fingerprint density at radius 3 is 2.71 bits per heavy atom. The van der Waals surface area contributed by atoms with Crippen LogP contribution in [0.5, 0.6) is 0 Å². The summed E-state index contributed by atoms with van der Waals surface area (Å²) >= 11 is 0. The summed E-state index contributed by atoms with van der Waals surface area (Å²) < 4.78 is 2.05. The maximum absolute atomic E-state index is 6.15. The Morgan fingerprint density at radius 2 is 2.12 bits per heavy atom. The van der Waals surface area contributed by atoms with Crippen molar-refractivity contribution in [3.05, 3.63) is 29.6 Å². The van der Waals surface area contributed by atoms with Gasteiger partial charge in [-0.1, -0.05) is 0 Å². The van der Waals surface area contributed by atoms with Gasteiger partial charge in [-0.25, -0.2) is 0 Å². The highest BCUT2D eigenvalue weighted by Crippen LogP contribution is 2.12. The van der Waals surface area contributed by atoms with Crippen LogP contribution in [0.1, 0.15) is 18.3 Å². The van der Waals surface area contributed by atoms with Gasteiger partial charge in [0.15, 0.2) is 0 Å². The van der Waals surface area contributed by atoms with Crippen LogP contribution < -0.4 is 11.1 Å². The fraction of sp³-hybridized carbons (Fsp3) is 0.462. The van der Waals surface area contributed by atoms with Gasteiger partial charge >= 0.3 is 0 Å². The minimum Gasteiger partial charge on any atom is -0.385 e. The Bertz CT molecular complexity index is 448. The summed E-state index contributed by atoms with van der Waals surface area (Å²) in [6.45, 7) is 7.99. The molecular weight excluding hydrogens is 212 g/mol. The molecule has 1 aromatic heterocycles. The van der Waals surface area contributed by atoms with E-state index < -0.39 is 0 Å². The van der Waals surface area contributed by atoms with Gasteiger partial charge in [-0.05, 0) is 32.9 Å². The summed E-state index contributed by atoms with van der Waals surface area (Å²) in [4.78, 5) is 4.50. The molecule has 1 aliphatic heterocycles. The van der Waals surface area contributed by atoms with Crippen molar-refractivity contribution in [3.8, 4) is 0 Å². The second kappa shape index (κ2) is 4.75. The van der Waals surface area contributed by atoms with Crippen LogP contribution in [0.4, 0.5) is 0 Å². The Morgan fingerprint density at radius 1 is 1.47 bits per heavy atom. The Labute approximate surface area is 102 Å². The molecule has 0 bridgehead atoms. The number of aliphatic imine (C=N–C) groups is 1.